The van der Waals surface area contributed by atoms with Gasteiger partial charge in [-0.25, -0.2) is 0 Å². The lowest BCUT2D eigenvalue weighted by molar-refractivity contribution is -0.120. The Labute approximate surface area is 104 Å². The van der Waals surface area contributed by atoms with Gasteiger partial charge in [-0.3, -0.25) is 4.79 Å². The fourth-order valence-electron chi connectivity index (χ4n) is 3.32. The predicted octanol–water partition coefficient (Wildman–Crippen LogP) is 1.98. The molecule has 2 rings (SSSR count). The Hall–Kier alpha value is -0.410. The van der Waals surface area contributed by atoms with Crippen molar-refractivity contribution >= 4 is 5.78 Å². The molecule has 98 valence electrons. The average molecular weight is 239 g/mol. The summed E-state index contributed by atoms with van der Waals surface area (Å²) < 4.78 is 0. The third kappa shape index (κ3) is 3.29. The molecule has 3 heteroatoms. The van der Waals surface area contributed by atoms with Crippen molar-refractivity contribution in [3.05, 3.63) is 0 Å². The number of Topliss-reactive ketones (excluding diaryl/α,β-unsaturated/α-hetero) is 1. The predicted molar refractivity (Wildman–Crippen MR) is 67.9 cm³/mol. The molecule has 2 aliphatic rings. The Morgan fingerprint density at radius 1 is 1.24 bits per heavy atom. The van der Waals surface area contributed by atoms with Crippen LogP contribution in [0.1, 0.15) is 51.4 Å². The molecule has 0 spiro atoms. The standard InChI is InChI=1S/C14H25NO2/c1-15(12-6-2-3-7-14(12)17)10-9-11-5-4-8-13(11)16/h11-12,14,17H,2-10H2,1H3. The van der Waals surface area contributed by atoms with Gasteiger partial charge in [0, 0.05) is 18.4 Å². The molecule has 2 saturated carbocycles. The third-order valence-electron chi connectivity index (χ3n) is 4.52. The van der Waals surface area contributed by atoms with Gasteiger partial charge >= 0.3 is 0 Å². The molecule has 0 radical (unpaired) electrons. The molecule has 3 nitrogen and oxygen atoms in total. The molecule has 0 aliphatic heterocycles. The van der Waals surface area contributed by atoms with E-state index in [2.05, 4.69) is 11.9 Å². The topological polar surface area (TPSA) is 40.5 Å². The first kappa shape index (κ1) is 13.0. The smallest absolute Gasteiger partial charge is 0.136 e. The molecule has 0 aromatic rings. The van der Waals surface area contributed by atoms with Crippen molar-refractivity contribution in [2.75, 3.05) is 13.6 Å². The Balaban J connectivity index is 1.76. The molecule has 0 aromatic carbocycles. The summed E-state index contributed by atoms with van der Waals surface area (Å²) in [6.45, 7) is 0.956. The number of hydrogen-bond donors (Lipinski definition) is 1. The fourth-order valence-corrected chi connectivity index (χ4v) is 3.32. The van der Waals surface area contributed by atoms with Crippen molar-refractivity contribution in [1.29, 1.82) is 0 Å². The van der Waals surface area contributed by atoms with Crippen molar-refractivity contribution in [3.8, 4) is 0 Å². The van der Waals surface area contributed by atoms with E-state index in [1.54, 1.807) is 0 Å². The number of aliphatic hydroxyl groups is 1. The quantitative estimate of drug-likeness (QED) is 0.815. The zero-order valence-electron chi connectivity index (χ0n) is 10.9. The van der Waals surface area contributed by atoms with Gasteiger partial charge in [-0.15, -0.1) is 0 Å². The van der Waals surface area contributed by atoms with Crippen molar-refractivity contribution < 1.29 is 9.90 Å². The van der Waals surface area contributed by atoms with Crippen molar-refractivity contribution in [2.24, 2.45) is 5.92 Å². The normalized spacial score (nSPS) is 34.5. The van der Waals surface area contributed by atoms with E-state index in [0.29, 0.717) is 17.7 Å². The minimum Gasteiger partial charge on any atom is -0.391 e. The van der Waals surface area contributed by atoms with Gasteiger partial charge in [0.05, 0.1) is 6.10 Å². The molecular formula is C14H25NO2. The fraction of sp³-hybridized carbons (Fsp3) is 0.929. The van der Waals surface area contributed by atoms with Gasteiger partial charge < -0.3 is 10.0 Å². The van der Waals surface area contributed by atoms with Gasteiger partial charge in [-0.2, -0.15) is 0 Å². The van der Waals surface area contributed by atoms with Crippen LogP contribution in [0.2, 0.25) is 0 Å². The van der Waals surface area contributed by atoms with Crippen LogP contribution in [0.25, 0.3) is 0 Å². The number of likely N-dealkylation sites (N-methyl/N-ethyl adjacent to an activating group) is 1. The summed E-state index contributed by atoms with van der Waals surface area (Å²) in [6.07, 6.45) is 8.22. The van der Waals surface area contributed by atoms with E-state index < -0.39 is 0 Å². The van der Waals surface area contributed by atoms with E-state index in [1.165, 1.54) is 6.42 Å². The molecule has 0 amide bonds. The third-order valence-corrected chi connectivity index (χ3v) is 4.52. The lowest BCUT2D eigenvalue weighted by Gasteiger charge is -2.35. The number of carbonyl (C=O) groups is 1. The minimum absolute atomic E-state index is 0.159. The minimum atomic E-state index is -0.159. The number of aliphatic hydroxyl groups excluding tert-OH is 1. The maximum atomic E-state index is 11.6. The lowest BCUT2D eigenvalue weighted by atomic mass is 9.91. The van der Waals surface area contributed by atoms with Crippen LogP contribution in [-0.4, -0.2) is 41.5 Å². The van der Waals surface area contributed by atoms with Crippen LogP contribution in [0.3, 0.4) is 0 Å². The summed E-state index contributed by atoms with van der Waals surface area (Å²) >= 11 is 0. The molecule has 3 atom stereocenters. The first-order valence-corrected chi connectivity index (χ1v) is 7.09. The summed E-state index contributed by atoms with van der Waals surface area (Å²) in [4.78, 5) is 13.8. The van der Waals surface area contributed by atoms with Crippen molar-refractivity contribution in [1.82, 2.24) is 4.90 Å². The van der Waals surface area contributed by atoms with E-state index >= 15 is 0 Å². The van der Waals surface area contributed by atoms with Crippen LogP contribution in [0.15, 0.2) is 0 Å². The van der Waals surface area contributed by atoms with Crippen molar-refractivity contribution in [2.45, 2.75) is 63.5 Å². The van der Waals surface area contributed by atoms with Crippen LogP contribution in [-0.2, 0) is 4.79 Å². The molecule has 17 heavy (non-hydrogen) atoms. The molecule has 1 N–H and O–H groups in total. The summed E-state index contributed by atoms with van der Waals surface area (Å²) in [5.74, 6) is 0.765. The van der Waals surface area contributed by atoms with E-state index in [1.807, 2.05) is 0 Å². The van der Waals surface area contributed by atoms with E-state index in [-0.39, 0.29) is 6.10 Å². The van der Waals surface area contributed by atoms with Crippen LogP contribution in [0.4, 0.5) is 0 Å². The Kier molecular flexibility index (Phi) is 4.57. The lowest BCUT2D eigenvalue weighted by Crippen LogP contribution is -2.44. The van der Waals surface area contributed by atoms with Crippen molar-refractivity contribution in [3.63, 3.8) is 0 Å². The maximum absolute atomic E-state index is 11.6. The zero-order chi connectivity index (χ0) is 12.3. The van der Waals surface area contributed by atoms with Crippen LogP contribution >= 0.6 is 0 Å². The van der Waals surface area contributed by atoms with E-state index in [0.717, 1.165) is 51.5 Å². The average Bonchev–Trinajstić information content (AvgIpc) is 2.72. The van der Waals surface area contributed by atoms with E-state index in [9.17, 15) is 9.90 Å². The van der Waals surface area contributed by atoms with Crippen LogP contribution < -0.4 is 0 Å². The molecule has 2 aliphatic carbocycles. The number of nitrogens with zero attached hydrogens (tertiary/aromatic N) is 1. The summed E-state index contributed by atoms with van der Waals surface area (Å²) in [6, 6.07) is 0.320. The maximum Gasteiger partial charge on any atom is 0.136 e. The molecule has 0 saturated heterocycles. The van der Waals surface area contributed by atoms with Gasteiger partial charge in [0.15, 0.2) is 0 Å². The molecule has 3 unspecified atom stereocenters. The monoisotopic (exact) mass is 239 g/mol. The van der Waals surface area contributed by atoms with Gasteiger partial charge in [-0.05, 0) is 45.7 Å². The highest BCUT2D eigenvalue weighted by Gasteiger charge is 2.28. The number of carbonyl (C=O) groups excluding carboxylic acids is 1. The number of hydrogen-bond acceptors (Lipinski definition) is 3. The molecule has 0 bridgehead atoms. The van der Waals surface area contributed by atoms with Gasteiger partial charge in [-0.1, -0.05) is 12.8 Å². The Bertz CT molecular complexity index is 267. The largest absolute Gasteiger partial charge is 0.391 e. The zero-order valence-corrected chi connectivity index (χ0v) is 10.9. The molecule has 2 fully saturated rings. The second kappa shape index (κ2) is 5.96. The SMILES string of the molecule is CN(CCC1CCCC1=O)C1CCCCC1O. The van der Waals surface area contributed by atoms with Crippen LogP contribution in [0, 0.1) is 5.92 Å². The van der Waals surface area contributed by atoms with Gasteiger partial charge in [0.2, 0.25) is 0 Å². The first-order valence-electron chi connectivity index (χ1n) is 7.09. The molecular weight excluding hydrogens is 214 g/mol. The second-order valence-electron chi connectivity index (χ2n) is 5.74. The Morgan fingerprint density at radius 3 is 2.65 bits per heavy atom. The molecule has 0 heterocycles. The first-order chi connectivity index (χ1) is 8.18. The highest BCUT2D eigenvalue weighted by atomic mass is 16.3. The van der Waals surface area contributed by atoms with Gasteiger partial charge in [0.1, 0.15) is 5.78 Å². The number of rotatable bonds is 4. The summed E-state index contributed by atoms with van der Waals surface area (Å²) in [5, 5.41) is 9.97. The number of ketones is 1. The molecule has 0 aromatic heterocycles. The summed E-state index contributed by atoms with van der Waals surface area (Å²) in [7, 11) is 2.10. The summed E-state index contributed by atoms with van der Waals surface area (Å²) in [5.41, 5.74) is 0. The second-order valence-corrected chi connectivity index (χ2v) is 5.74. The highest BCUT2D eigenvalue weighted by molar-refractivity contribution is 5.82. The highest BCUT2D eigenvalue weighted by Crippen LogP contribution is 2.26. The van der Waals surface area contributed by atoms with Gasteiger partial charge in [0.25, 0.3) is 0 Å². The Morgan fingerprint density at radius 2 is 2.00 bits per heavy atom. The van der Waals surface area contributed by atoms with Crippen LogP contribution in [0.5, 0.6) is 0 Å². The van der Waals surface area contributed by atoms with E-state index in [4.69, 9.17) is 0 Å².